The molecule has 0 N–H and O–H groups in total. The van der Waals surface area contributed by atoms with Crippen LogP contribution in [0.3, 0.4) is 0 Å². The van der Waals surface area contributed by atoms with Crippen molar-refractivity contribution in [3.63, 3.8) is 0 Å². The molecule has 6 nitrogen and oxygen atoms in total. The van der Waals surface area contributed by atoms with Gasteiger partial charge in [-0.1, -0.05) is 43.9 Å². The molecule has 1 heterocycles. The number of carbonyl (C=O) groups is 1. The van der Waals surface area contributed by atoms with E-state index in [1.54, 1.807) is 25.1 Å². The Labute approximate surface area is 173 Å². The topological polar surface area (TPSA) is 78.3 Å². The SMILES string of the molecule is Cc1nn(C(C)(C)C)c(OC(=O)CCC2CCCC2)c1S(=O)(=O)c1ccccc1. The molecule has 0 unspecified atom stereocenters. The third kappa shape index (κ3) is 4.71. The van der Waals surface area contributed by atoms with Crippen LogP contribution in [0.25, 0.3) is 0 Å². The lowest BCUT2D eigenvalue weighted by Gasteiger charge is -2.22. The molecule has 0 atom stereocenters. The first-order valence-corrected chi connectivity index (χ1v) is 11.7. The summed E-state index contributed by atoms with van der Waals surface area (Å²) in [5.74, 6) is 0.159. The molecule has 0 spiro atoms. The minimum absolute atomic E-state index is 0.00951. The molecule has 0 aliphatic heterocycles. The molecule has 7 heteroatoms. The van der Waals surface area contributed by atoms with Gasteiger partial charge in [-0.05, 0) is 52.2 Å². The number of nitrogens with zero attached hydrogens (tertiary/aromatic N) is 2. The van der Waals surface area contributed by atoms with E-state index in [0.717, 1.165) is 19.3 Å². The molecule has 0 radical (unpaired) electrons. The average Bonchev–Trinajstić information content (AvgIpc) is 3.28. The third-order valence-corrected chi connectivity index (χ3v) is 7.27. The molecule has 29 heavy (non-hydrogen) atoms. The van der Waals surface area contributed by atoms with Crippen LogP contribution in [0.2, 0.25) is 0 Å². The highest BCUT2D eigenvalue weighted by molar-refractivity contribution is 7.91. The second-order valence-electron chi connectivity index (χ2n) is 8.78. The maximum Gasteiger partial charge on any atom is 0.312 e. The zero-order chi connectivity index (χ0) is 21.2. The lowest BCUT2D eigenvalue weighted by Crippen LogP contribution is -2.26. The quantitative estimate of drug-likeness (QED) is 0.638. The van der Waals surface area contributed by atoms with E-state index in [2.05, 4.69) is 5.10 Å². The van der Waals surface area contributed by atoms with Crippen molar-refractivity contribution < 1.29 is 17.9 Å². The van der Waals surface area contributed by atoms with Crippen LogP contribution in [0.5, 0.6) is 5.88 Å². The molecular formula is C22H30N2O4S. The molecule has 0 amide bonds. The van der Waals surface area contributed by atoms with Gasteiger partial charge in [-0.3, -0.25) is 4.79 Å². The fraction of sp³-hybridized carbons (Fsp3) is 0.545. The monoisotopic (exact) mass is 418 g/mol. The highest BCUT2D eigenvalue weighted by atomic mass is 32.2. The van der Waals surface area contributed by atoms with E-state index in [1.165, 1.54) is 29.7 Å². The first kappa shape index (κ1) is 21.6. The summed E-state index contributed by atoms with van der Waals surface area (Å²) in [6.45, 7) is 7.32. The van der Waals surface area contributed by atoms with Gasteiger partial charge in [0, 0.05) is 6.42 Å². The van der Waals surface area contributed by atoms with Crippen molar-refractivity contribution in [1.29, 1.82) is 0 Å². The summed E-state index contributed by atoms with van der Waals surface area (Å²) in [4.78, 5) is 12.7. The standard InChI is InChI=1S/C22H30N2O4S/c1-16-20(29(26,27)18-12-6-5-7-13-18)21(24(23-16)22(2,3)4)28-19(25)15-14-17-10-8-9-11-17/h5-7,12-13,17H,8-11,14-15H2,1-4H3. The molecule has 3 rings (SSSR count). The van der Waals surface area contributed by atoms with Crippen molar-refractivity contribution >= 4 is 15.8 Å². The maximum atomic E-state index is 13.3. The van der Waals surface area contributed by atoms with Crippen LogP contribution in [0.4, 0.5) is 0 Å². The number of sulfone groups is 1. The molecule has 1 saturated carbocycles. The Hall–Kier alpha value is -2.15. The molecule has 1 aliphatic carbocycles. The fourth-order valence-electron chi connectivity index (χ4n) is 3.84. The largest absolute Gasteiger partial charge is 0.406 e. The lowest BCUT2D eigenvalue weighted by molar-refractivity contribution is -0.135. The van der Waals surface area contributed by atoms with Gasteiger partial charge in [0.1, 0.15) is 0 Å². The number of benzene rings is 1. The van der Waals surface area contributed by atoms with Crippen molar-refractivity contribution in [3.8, 4) is 5.88 Å². The predicted octanol–water partition coefficient (Wildman–Crippen LogP) is 4.66. The first-order valence-electron chi connectivity index (χ1n) is 10.2. The summed E-state index contributed by atoms with van der Waals surface area (Å²) in [5.41, 5.74) is -0.224. The lowest BCUT2D eigenvalue weighted by atomic mass is 10.0. The molecule has 1 fully saturated rings. The van der Waals surface area contributed by atoms with E-state index >= 15 is 0 Å². The van der Waals surface area contributed by atoms with E-state index in [4.69, 9.17) is 4.74 Å². The van der Waals surface area contributed by atoms with E-state index in [0.29, 0.717) is 11.6 Å². The van der Waals surface area contributed by atoms with Crippen LogP contribution >= 0.6 is 0 Å². The number of ether oxygens (including phenoxy) is 1. The second kappa shape index (κ2) is 8.30. The third-order valence-electron chi connectivity index (χ3n) is 5.36. The van der Waals surface area contributed by atoms with Gasteiger partial charge >= 0.3 is 5.97 Å². The van der Waals surface area contributed by atoms with Crippen molar-refractivity contribution in [1.82, 2.24) is 9.78 Å². The van der Waals surface area contributed by atoms with Gasteiger partial charge < -0.3 is 4.74 Å². The zero-order valence-electron chi connectivity index (χ0n) is 17.6. The molecule has 1 aromatic carbocycles. The Morgan fingerprint density at radius 2 is 1.79 bits per heavy atom. The zero-order valence-corrected chi connectivity index (χ0v) is 18.5. The highest BCUT2D eigenvalue weighted by Crippen LogP contribution is 2.36. The number of aromatic nitrogens is 2. The smallest absolute Gasteiger partial charge is 0.312 e. The van der Waals surface area contributed by atoms with Crippen LogP contribution in [0.1, 0.15) is 65.0 Å². The highest BCUT2D eigenvalue weighted by Gasteiger charge is 2.34. The molecule has 0 bridgehead atoms. The number of esters is 1. The van der Waals surface area contributed by atoms with Gasteiger partial charge in [-0.25, -0.2) is 13.1 Å². The van der Waals surface area contributed by atoms with Crippen molar-refractivity contribution in [3.05, 3.63) is 36.0 Å². The minimum atomic E-state index is -3.88. The number of rotatable bonds is 6. The van der Waals surface area contributed by atoms with E-state index < -0.39 is 21.3 Å². The van der Waals surface area contributed by atoms with Gasteiger partial charge in [-0.15, -0.1) is 0 Å². The van der Waals surface area contributed by atoms with Crippen molar-refractivity contribution in [2.45, 2.75) is 81.5 Å². The van der Waals surface area contributed by atoms with Crippen molar-refractivity contribution in [2.24, 2.45) is 5.92 Å². The Kier molecular flexibility index (Phi) is 6.17. The number of hydrogen-bond donors (Lipinski definition) is 0. The predicted molar refractivity (Wildman–Crippen MR) is 111 cm³/mol. The normalized spacial score (nSPS) is 15.6. The second-order valence-corrected chi connectivity index (χ2v) is 10.7. The van der Waals surface area contributed by atoms with Gasteiger partial charge in [0.25, 0.3) is 0 Å². The number of aryl methyl sites for hydroxylation is 1. The molecule has 1 aliphatic rings. The Bertz CT molecular complexity index is 966. The summed E-state index contributed by atoms with van der Waals surface area (Å²) in [5, 5.41) is 4.42. The van der Waals surface area contributed by atoms with Crippen LogP contribution in [-0.2, 0) is 20.2 Å². The Balaban J connectivity index is 1.96. The molecule has 2 aromatic rings. The molecule has 0 saturated heterocycles. The van der Waals surface area contributed by atoms with Crippen LogP contribution < -0.4 is 4.74 Å². The number of carbonyl (C=O) groups excluding carboxylic acids is 1. The van der Waals surface area contributed by atoms with E-state index in [1.807, 2.05) is 20.8 Å². The Morgan fingerprint density at radius 1 is 1.17 bits per heavy atom. The van der Waals surface area contributed by atoms with Gasteiger partial charge in [0.05, 0.1) is 16.1 Å². The molecular weight excluding hydrogens is 388 g/mol. The average molecular weight is 419 g/mol. The van der Waals surface area contributed by atoms with Gasteiger partial charge in [0.15, 0.2) is 4.90 Å². The summed E-state index contributed by atoms with van der Waals surface area (Å²) in [6.07, 6.45) is 5.80. The minimum Gasteiger partial charge on any atom is -0.406 e. The Morgan fingerprint density at radius 3 is 2.38 bits per heavy atom. The maximum absolute atomic E-state index is 13.3. The van der Waals surface area contributed by atoms with Crippen LogP contribution in [0.15, 0.2) is 40.1 Å². The van der Waals surface area contributed by atoms with Gasteiger partial charge in [0.2, 0.25) is 15.7 Å². The first-order chi connectivity index (χ1) is 13.6. The summed E-state index contributed by atoms with van der Waals surface area (Å²) in [7, 11) is -3.88. The fourth-order valence-corrected chi connectivity index (χ4v) is 5.38. The molecule has 158 valence electrons. The molecule has 1 aromatic heterocycles. The van der Waals surface area contributed by atoms with Gasteiger partial charge in [-0.2, -0.15) is 5.10 Å². The summed E-state index contributed by atoms with van der Waals surface area (Å²) < 4.78 is 33.8. The van der Waals surface area contributed by atoms with Crippen LogP contribution in [0, 0.1) is 12.8 Å². The van der Waals surface area contributed by atoms with E-state index in [-0.39, 0.29) is 22.1 Å². The van der Waals surface area contributed by atoms with Crippen LogP contribution in [-0.4, -0.2) is 24.2 Å². The number of hydrogen-bond acceptors (Lipinski definition) is 5. The summed E-state index contributed by atoms with van der Waals surface area (Å²) in [6, 6.07) is 8.17. The summed E-state index contributed by atoms with van der Waals surface area (Å²) >= 11 is 0. The van der Waals surface area contributed by atoms with Crippen molar-refractivity contribution in [2.75, 3.05) is 0 Å². The van der Waals surface area contributed by atoms with E-state index in [9.17, 15) is 13.2 Å².